The van der Waals surface area contributed by atoms with Crippen LogP contribution in [-0.2, 0) is 6.54 Å². The Morgan fingerprint density at radius 3 is 2.94 bits per heavy atom. The number of nitrogens with two attached hydrogens (primary N) is 1. The molecule has 17 heavy (non-hydrogen) atoms. The molecule has 1 aliphatic heterocycles. The largest absolute Gasteiger partial charge is 0.386 e. The van der Waals surface area contributed by atoms with Crippen LogP contribution in [0.15, 0.2) is 5.38 Å². The first-order valence-electron chi connectivity index (χ1n) is 5.74. The molecular formula is C11H17N3O2S. The van der Waals surface area contributed by atoms with Crippen molar-refractivity contribution in [2.45, 2.75) is 31.9 Å². The van der Waals surface area contributed by atoms with E-state index in [0.717, 1.165) is 17.8 Å². The number of carbonyl (C=O) groups excluding carboxylic acids is 1. The highest BCUT2D eigenvalue weighted by Gasteiger charge is 2.43. The van der Waals surface area contributed by atoms with Gasteiger partial charge in [0.25, 0.3) is 5.91 Å². The highest BCUT2D eigenvalue weighted by Crippen LogP contribution is 2.27. The van der Waals surface area contributed by atoms with E-state index < -0.39 is 5.60 Å². The molecule has 0 atom stereocenters. The van der Waals surface area contributed by atoms with Gasteiger partial charge < -0.3 is 15.7 Å². The maximum atomic E-state index is 12.0. The standard InChI is InChI=1S/C11H17N3O2S/c1-2-3-11(16)6-14(7-11)10(15)8-5-17-9(4-12)13-8/h5,16H,2-4,6-7,12H2,1H3. The van der Waals surface area contributed by atoms with Crippen LogP contribution in [0.5, 0.6) is 0 Å². The number of rotatable bonds is 4. The molecular weight excluding hydrogens is 238 g/mol. The molecule has 1 amide bonds. The normalized spacial score (nSPS) is 17.9. The Hall–Kier alpha value is -0.980. The monoisotopic (exact) mass is 255 g/mol. The number of carbonyl (C=O) groups is 1. The van der Waals surface area contributed by atoms with E-state index in [4.69, 9.17) is 5.73 Å². The maximum Gasteiger partial charge on any atom is 0.273 e. The Balaban J connectivity index is 1.95. The predicted molar refractivity (Wildman–Crippen MR) is 65.8 cm³/mol. The molecule has 2 rings (SSSR count). The first-order valence-corrected chi connectivity index (χ1v) is 6.62. The minimum absolute atomic E-state index is 0.110. The van der Waals surface area contributed by atoms with Crippen molar-refractivity contribution in [2.75, 3.05) is 13.1 Å². The van der Waals surface area contributed by atoms with Crippen molar-refractivity contribution in [1.29, 1.82) is 0 Å². The van der Waals surface area contributed by atoms with Gasteiger partial charge in [-0.1, -0.05) is 13.3 Å². The molecule has 94 valence electrons. The summed E-state index contributed by atoms with van der Waals surface area (Å²) in [5.41, 5.74) is 5.21. The lowest BCUT2D eigenvalue weighted by Gasteiger charge is -2.46. The molecule has 5 nitrogen and oxygen atoms in total. The zero-order valence-corrected chi connectivity index (χ0v) is 10.7. The van der Waals surface area contributed by atoms with E-state index in [1.165, 1.54) is 11.3 Å². The van der Waals surface area contributed by atoms with E-state index in [1.54, 1.807) is 10.3 Å². The quantitative estimate of drug-likeness (QED) is 0.825. The van der Waals surface area contributed by atoms with Crippen LogP contribution in [0.3, 0.4) is 0 Å². The maximum absolute atomic E-state index is 12.0. The van der Waals surface area contributed by atoms with E-state index in [-0.39, 0.29) is 5.91 Å². The van der Waals surface area contributed by atoms with Gasteiger partial charge in [0.1, 0.15) is 10.7 Å². The summed E-state index contributed by atoms with van der Waals surface area (Å²) in [7, 11) is 0. The third-order valence-electron chi connectivity index (χ3n) is 2.92. The molecule has 0 unspecified atom stereocenters. The Labute approximate surface area is 104 Å². The molecule has 6 heteroatoms. The minimum atomic E-state index is -0.683. The van der Waals surface area contributed by atoms with Crippen molar-refractivity contribution in [2.24, 2.45) is 5.73 Å². The smallest absolute Gasteiger partial charge is 0.273 e. The van der Waals surface area contributed by atoms with Crippen molar-refractivity contribution in [3.8, 4) is 0 Å². The fraction of sp³-hybridized carbons (Fsp3) is 0.636. The van der Waals surface area contributed by atoms with Gasteiger partial charge in [0.05, 0.1) is 18.7 Å². The fourth-order valence-corrected chi connectivity index (χ4v) is 2.74. The van der Waals surface area contributed by atoms with Crippen LogP contribution in [0.25, 0.3) is 0 Å². The van der Waals surface area contributed by atoms with Crippen molar-refractivity contribution in [3.05, 3.63) is 16.1 Å². The molecule has 0 bridgehead atoms. The first-order chi connectivity index (χ1) is 8.08. The molecule has 1 saturated heterocycles. The summed E-state index contributed by atoms with van der Waals surface area (Å²) in [6.07, 6.45) is 1.66. The minimum Gasteiger partial charge on any atom is -0.386 e. The fourth-order valence-electron chi connectivity index (χ4n) is 2.10. The second-order valence-corrected chi connectivity index (χ2v) is 5.41. The summed E-state index contributed by atoms with van der Waals surface area (Å²) >= 11 is 1.39. The molecule has 3 N–H and O–H groups in total. The molecule has 0 aliphatic carbocycles. The van der Waals surface area contributed by atoms with Crippen molar-refractivity contribution in [1.82, 2.24) is 9.88 Å². The van der Waals surface area contributed by atoms with Gasteiger partial charge in [-0.15, -0.1) is 11.3 Å². The Bertz CT molecular complexity index is 413. The van der Waals surface area contributed by atoms with E-state index >= 15 is 0 Å². The third kappa shape index (κ3) is 2.48. The average Bonchev–Trinajstić information content (AvgIpc) is 2.73. The molecule has 1 aromatic rings. The number of likely N-dealkylation sites (tertiary alicyclic amines) is 1. The zero-order valence-electron chi connectivity index (χ0n) is 9.85. The van der Waals surface area contributed by atoms with Crippen LogP contribution in [-0.4, -0.2) is 39.6 Å². The van der Waals surface area contributed by atoms with Gasteiger partial charge in [-0.05, 0) is 6.42 Å². The number of nitrogens with zero attached hydrogens (tertiary/aromatic N) is 2. The summed E-state index contributed by atoms with van der Waals surface area (Å²) in [6.45, 7) is 3.21. The number of hydrogen-bond donors (Lipinski definition) is 2. The van der Waals surface area contributed by atoms with Gasteiger partial charge in [-0.2, -0.15) is 0 Å². The molecule has 1 aliphatic rings. The van der Waals surface area contributed by atoms with Gasteiger partial charge in [-0.3, -0.25) is 4.79 Å². The van der Waals surface area contributed by atoms with Crippen LogP contribution in [0.1, 0.15) is 35.3 Å². The summed E-state index contributed by atoms with van der Waals surface area (Å²) in [5.74, 6) is -0.110. The van der Waals surface area contributed by atoms with Gasteiger partial charge in [0.15, 0.2) is 0 Å². The van der Waals surface area contributed by atoms with E-state index in [2.05, 4.69) is 4.98 Å². The average molecular weight is 255 g/mol. The number of aromatic nitrogens is 1. The lowest BCUT2D eigenvalue weighted by Crippen LogP contribution is -2.63. The number of amides is 1. The summed E-state index contributed by atoms with van der Waals surface area (Å²) in [5, 5.41) is 12.5. The first kappa shape index (κ1) is 12.5. The van der Waals surface area contributed by atoms with Crippen LogP contribution < -0.4 is 5.73 Å². The molecule has 0 aromatic carbocycles. The van der Waals surface area contributed by atoms with Gasteiger partial charge in [-0.25, -0.2) is 4.98 Å². The van der Waals surface area contributed by atoms with Crippen LogP contribution in [0, 0.1) is 0 Å². The summed E-state index contributed by atoms with van der Waals surface area (Å²) in [6, 6.07) is 0. The summed E-state index contributed by atoms with van der Waals surface area (Å²) < 4.78 is 0. The number of β-amino-alcohol motifs (C(OH)–C–C–N with tert-alkyl or cyclic N) is 1. The van der Waals surface area contributed by atoms with Gasteiger partial charge in [0, 0.05) is 11.9 Å². The molecule has 1 aromatic heterocycles. The van der Waals surface area contributed by atoms with Crippen LogP contribution in [0.2, 0.25) is 0 Å². The number of aliphatic hydroxyl groups is 1. The van der Waals surface area contributed by atoms with Crippen LogP contribution in [0.4, 0.5) is 0 Å². The molecule has 0 saturated carbocycles. The molecule has 0 spiro atoms. The lowest BCUT2D eigenvalue weighted by atomic mass is 9.89. The zero-order chi connectivity index (χ0) is 12.5. The predicted octanol–water partition coefficient (Wildman–Crippen LogP) is 0.589. The third-order valence-corrected chi connectivity index (χ3v) is 3.79. The SMILES string of the molecule is CCCC1(O)CN(C(=O)c2csc(CN)n2)C1. The molecule has 0 radical (unpaired) electrons. The molecule has 1 fully saturated rings. The highest BCUT2D eigenvalue weighted by atomic mass is 32.1. The summed E-state index contributed by atoms with van der Waals surface area (Å²) in [4.78, 5) is 17.7. The van der Waals surface area contributed by atoms with Crippen molar-refractivity contribution >= 4 is 17.2 Å². The Kier molecular flexibility index (Phi) is 3.46. The highest BCUT2D eigenvalue weighted by molar-refractivity contribution is 7.09. The number of hydrogen-bond acceptors (Lipinski definition) is 5. The van der Waals surface area contributed by atoms with Crippen LogP contribution >= 0.6 is 11.3 Å². The Morgan fingerprint density at radius 1 is 1.71 bits per heavy atom. The lowest BCUT2D eigenvalue weighted by molar-refractivity contribution is -0.0861. The van der Waals surface area contributed by atoms with E-state index in [0.29, 0.717) is 25.3 Å². The van der Waals surface area contributed by atoms with Gasteiger partial charge >= 0.3 is 0 Å². The van der Waals surface area contributed by atoms with E-state index in [9.17, 15) is 9.90 Å². The molecule has 2 heterocycles. The number of thiazole rings is 1. The second-order valence-electron chi connectivity index (χ2n) is 4.47. The topological polar surface area (TPSA) is 79.5 Å². The van der Waals surface area contributed by atoms with E-state index in [1.807, 2.05) is 6.92 Å². The van der Waals surface area contributed by atoms with Gasteiger partial charge in [0.2, 0.25) is 0 Å². The van der Waals surface area contributed by atoms with Crippen molar-refractivity contribution in [3.63, 3.8) is 0 Å². The second kappa shape index (κ2) is 4.72. The van der Waals surface area contributed by atoms with Crippen molar-refractivity contribution < 1.29 is 9.90 Å². The Morgan fingerprint density at radius 2 is 2.41 bits per heavy atom.